The van der Waals surface area contributed by atoms with E-state index >= 15 is 0 Å². The third kappa shape index (κ3) is 6.29. The molecule has 0 unspecified atom stereocenters. The molecule has 2 N–H and O–H groups in total. The van der Waals surface area contributed by atoms with E-state index in [0.717, 1.165) is 11.4 Å². The SMILES string of the molecule is C=CCOc1ccc(NC(=S)N[C@H](C)COc2ccccc2OC)cc1. The van der Waals surface area contributed by atoms with E-state index in [1.165, 1.54) is 0 Å². The van der Waals surface area contributed by atoms with Crippen LogP contribution in [0.4, 0.5) is 5.69 Å². The van der Waals surface area contributed by atoms with Crippen molar-refractivity contribution in [2.75, 3.05) is 25.6 Å². The first kappa shape index (κ1) is 19.6. The highest BCUT2D eigenvalue weighted by Crippen LogP contribution is 2.25. The molecule has 2 aromatic carbocycles. The number of hydrogen-bond acceptors (Lipinski definition) is 4. The maximum Gasteiger partial charge on any atom is 0.171 e. The van der Waals surface area contributed by atoms with Crippen LogP contribution >= 0.6 is 12.2 Å². The molecule has 1 atom stereocenters. The molecule has 0 amide bonds. The van der Waals surface area contributed by atoms with Gasteiger partial charge in [0.1, 0.15) is 19.0 Å². The molecule has 2 aromatic rings. The second-order valence-electron chi connectivity index (χ2n) is 5.59. The molecule has 138 valence electrons. The van der Waals surface area contributed by atoms with Crippen LogP contribution in [0.3, 0.4) is 0 Å². The van der Waals surface area contributed by atoms with Crippen LogP contribution in [0.2, 0.25) is 0 Å². The van der Waals surface area contributed by atoms with Gasteiger partial charge < -0.3 is 24.8 Å². The Kier molecular flexibility index (Phi) is 7.76. The van der Waals surface area contributed by atoms with Gasteiger partial charge in [-0.15, -0.1) is 0 Å². The number of methoxy groups -OCH3 is 1. The minimum absolute atomic E-state index is 0.0233. The van der Waals surface area contributed by atoms with E-state index in [0.29, 0.717) is 29.8 Å². The summed E-state index contributed by atoms with van der Waals surface area (Å²) in [6, 6.07) is 15.1. The van der Waals surface area contributed by atoms with Crippen molar-refractivity contribution in [2.24, 2.45) is 0 Å². The van der Waals surface area contributed by atoms with E-state index in [-0.39, 0.29) is 6.04 Å². The summed E-state index contributed by atoms with van der Waals surface area (Å²) in [6.07, 6.45) is 1.71. The molecular formula is C20H24N2O3S. The Morgan fingerprint density at radius 3 is 2.46 bits per heavy atom. The molecule has 0 bridgehead atoms. The van der Waals surface area contributed by atoms with Crippen LogP contribution in [0.5, 0.6) is 17.2 Å². The predicted molar refractivity (Wildman–Crippen MR) is 109 cm³/mol. The third-order valence-corrected chi connectivity index (χ3v) is 3.64. The van der Waals surface area contributed by atoms with Crippen molar-refractivity contribution in [2.45, 2.75) is 13.0 Å². The zero-order chi connectivity index (χ0) is 18.8. The fourth-order valence-corrected chi connectivity index (χ4v) is 2.49. The molecule has 0 radical (unpaired) electrons. The summed E-state index contributed by atoms with van der Waals surface area (Å²) < 4.78 is 16.5. The zero-order valence-electron chi connectivity index (χ0n) is 15.0. The molecule has 0 fully saturated rings. The van der Waals surface area contributed by atoms with E-state index in [4.69, 9.17) is 26.4 Å². The summed E-state index contributed by atoms with van der Waals surface area (Å²) in [5, 5.41) is 6.86. The third-order valence-electron chi connectivity index (χ3n) is 3.42. The minimum atomic E-state index is 0.0233. The maximum absolute atomic E-state index is 5.79. The topological polar surface area (TPSA) is 51.8 Å². The van der Waals surface area contributed by atoms with Gasteiger partial charge in [0.15, 0.2) is 16.6 Å². The summed E-state index contributed by atoms with van der Waals surface area (Å²) in [5.41, 5.74) is 0.881. The molecular weight excluding hydrogens is 348 g/mol. The van der Waals surface area contributed by atoms with Gasteiger partial charge in [0, 0.05) is 5.69 Å². The molecule has 6 heteroatoms. The van der Waals surface area contributed by atoms with Crippen molar-refractivity contribution in [1.29, 1.82) is 0 Å². The first-order valence-electron chi connectivity index (χ1n) is 8.29. The van der Waals surface area contributed by atoms with E-state index in [1.807, 2.05) is 55.5 Å². The number of ether oxygens (including phenoxy) is 3. The summed E-state index contributed by atoms with van der Waals surface area (Å²) in [4.78, 5) is 0. The van der Waals surface area contributed by atoms with E-state index in [9.17, 15) is 0 Å². The molecule has 0 aliphatic rings. The summed E-state index contributed by atoms with van der Waals surface area (Å²) in [7, 11) is 1.62. The zero-order valence-corrected chi connectivity index (χ0v) is 15.8. The molecule has 0 saturated heterocycles. The molecule has 5 nitrogen and oxygen atoms in total. The highest BCUT2D eigenvalue weighted by Gasteiger charge is 2.08. The van der Waals surface area contributed by atoms with Gasteiger partial charge in [-0.3, -0.25) is 0 Å². The van der Waals surface area contributed by atoms with Gasteiger partial charge in [0.05, 0.1) is 13.2 Å². The highest BCUT2D eigenvalue weighted by molar-refractivity contribution is 7.80. The number of anilines is 1. The molecule has 0 spiro atoms. The van der Waals surface area contributed by atoms with E-state index in [2.05, 4.69) is 17.2 Å². The Hall–Kier alpha value is -2.73. The molecule has 0 aliphatic heterocycles. The maximum atomic E-state index is 5.79. The van der Waals surface area contributed by atoms with E-state index < -0.39 is 0 Å². The van der Waals surface area contributed by atoms with Crippen LogP contribution in [-0.2, 0) is 0 Å². The van der Waals surface area contributed by atoms with Crippen molar-refractivity contribution in [3.05, 3.63) is 61.2 Å². The molecule has 26 heavy (non-hydrogen) atoms. The van der Waals surface area contributed by atoms with Gasteiger partial charge in [-0.1, -0.05) is 24.8 Å². The van der Waals surface area contributed by atoms with Crippen molar-refractivity contribution in [3.63, 3.8) is 0 Å². The van der Waals surface area contributed by atoms with Crippen molar-refractivity contribution in [3.8, 4) is 17.2 Å². The standard InChI is InChI=1S/C20H24N2O3S/c1-4-13-24-17-11-9-16(10-12-17)22-20(26)21-15(2)14-25-19-8-6-5-7-18(19)23-3/h4-12,15H,1,13-14H2,2-3H3,(H2,21,22,26)/t15-/m1/s1. The Bertz CT molecular complexity index is 719. The molecule has 2 rings (SSSR count). The summed E-state index contributed by atoms with van der Waals surface area (Å²) in [5.74, 6) is 2.20. The lowest BCUT2D eigenvalue weighted by Crippen LogP contribution is -2.39. The van der Waals surface area contributed by atoms with Crippen LogP contribution < -0.4 is 24.8 Å². The number of thiocarbonyl (C=S) groups is 1. The normalized spacial score (nSPS) is 11.2. The molecule has 0 aromatic heterocycles. The van der Waals surface area contributed by atoms with Crippen molar-refractivity contribution >= 4 is 23.0 Å². The fraction of sp³-hybridized carbons (Fsp3) is 0.250. The van der Waals surface area contributed by atoms with Gasteiger partial charge >= 0.3 is 0 Å². The van der Waals surface area contributed by atoms with Gasteiger partial charge in [0.25, 0.3) is 0 Å². The molecule has 0 heterocycles. The Morgan fingerprint density at radius 1 is 1.12 bits per heavy atom. The van der Waals surface area contributed by atoms with Gasteiger partial charge in [-0.05, 0) is 55.5 Å². The van der Waals surface area contributed by atoms with Gasteiger partial charge in [0.2, 0.25) is 0 Å². The minimum Gasteiger partial charge on any atom is -0.493 e. The Labute approximate surface area is 160 Å². The number of hydrogen-bond donors (Lipinski definition) is 2. The highest BCUT2D eigenvalue weighted by atomic mass is 32.1. The molecule has 0 aliphatic carbocycles. The lowest BCUT2D eigenvalue weighted by Gasteiger charge is -2.18. The lowest BCUT2D eigenvalue weighted by atomic mass is 10.3. The smallest absolute Gasteiger partial charge is 0.171 e. The second-order valence-corrected chi connectivity index (χ2v) is 5.99. The number of para-hydroxylation sites is 2. The average molecular weight is 372 g/mol. The van der Waals surface area contributed by atoms with E-state index in [1.54, 1.807) is 13.2 Å². The van der Waals surface area contributed by atoms with Crippen LogP contribution in [0, 0.1) is 0 Å². The fourth-order valence-electron chi connectivity index (χ4n) is 2.18. The molecule has 0 saturated carbocycles. The lowest BCUT2D eigenvalue weighted by molar-refractivity contribution is 0.270. The Balaban J connectivity index is 1.78. The monoisotopic (exact) mass is 372 g/mol. The van der Waals surface area contributed by atoms with Gasteiger partial charge in [-0.2, -0.15) is 0 Å². The predicted octanol–water partition coefficient (Wildman–Crippen LogP) is 4.01. The van der Waals surface area contributed by atoms with Crippen LogP contribution in [-0.4, -0.2) is 31.5 Å². The van der Waals surface area contributed by atoms with Crippen LogP contribution in [0.1, 0.15) is 6.92 Å². The second kappa shape index (κ2) is 10.3. The van der Waals surface area contributed by atoms with Crippen molar-refractivity contribution in [1.82, 2.24) is 5.32 Å². The van der Waals surface area contributed by atoms with Crippen molar-refractivity contribution < 1.29 is 14.2 Å². The van der Waals surface area contributed by atoms with Gasteiger partial charge in [-0.25, -0.2) is 0 Å². The Morgan fingerprint density at radius 2 is 1.81 bits per heavy atom. The average Bonchev–Trinajstić information content (AvgIpc) is 2.66. The first-order chi connectivity index (χ1) is 12.6. The summed E-state index contributed by atoms with van der Waals surface area (Å²) in [6.45, 7) is 6.56. The van der Waals surface area contributed by atoms with Crippen LogP contribution in [0.15, 0.2) is 61.2 Å². The summed E-state index contributed by atoms with van der Waals surface area (Å²) >= 11 is 5.35. The first-order valence-corrected chi connectivity index (χ1v) is 8.70. The number of nitrogens with one attached hydrogen (secondary N) is 2. The number of rotatable bonds is 9. The number of benzene rings is 2. The largest absolute Gasteiger partial charge is 0.493 e. The quantitative estimate of drug-likeness (QED) is 0.512. The van der Waals surface area contributed by atoms with Crippen LogP contribution in [0.25, 0.3) is 0 Å².